The van der Waals surface area contributed by atoms with E-state index in [9.17, 15) is 28.7 Å². The first-order valence-electron chi connectivity index (χ1n) is 10.2. The lowest BCUT2D eigenvalue weighted by Crippen LogP contribution is -2.53. The molecule has 2 bridgehead atoms. The molecule has 2 N–H and O–H groups in total. The second-order valence-corrected chi connectivity index (χ2v) is 12.1. The van der Waals surface area contributed by atoms with Crippen molar-refractivity contribution in [3.8, 4) is 6.07 Å². The molecule has 0 aromatic heterocycles. The van der Waals surface area contributed by atoms with Crippen LogP contribution in [0.4, 0.5) is 0 Å². The number of rotatable bonds is 2. The van der Waals surface area contributed by atoms with Crippen molar-refractivity contribution >= 4 is 15.9 Å². The second kappa shape index (κ2) is 5.93. The fourth-order valence-corrected chi connectivity index (χ4v) is 9.57. The van der Waals surface area contributed by atoms with Gasteiger partial charge >= 0.3 is 0 Å². The van der Waals surface area contributed by atoms with Gasteiger partial charge in [-0.15, -0.1) is 0 Å². The third-order valence-corrected chi connectivity index (χ3v) is 10.8. The van der Waals surface area contributed by atoms with E-state index in [-0.39, 0.29) is 41.4 Å². The number of amides is 1. The average molecular weight is 411 g/mol. The molecule has 1 saturated heterocycles. The van der Waals surface area contributed by atoms with Gasteiger partial charge in [0.2, 0.25) is 15.9 Å². The third-order valence-electron chi connectivity index (χ3n) is 8.88. The monoisotopic (exact) mass is 410 g/mol. The van der Waals surface area contributed by atoms with Gasteiger partial charge in [-0.1, -0.05) is 20.8 Å². The molecule has 1 spiro atoms. The van der Waals surface area contributed by atoms with E-state index < -0.39 is 40.0 Å². The highest BCUT2D eigenvalue weighted by molar-refractivity contribution is 7.90. The van der Waals surface area contributed by atoms with Gasteiger partial charge in [-0.05, 0) is 49.4 Å². The molecular formula is C20H30N2O5S. The van der Waals surface area contributed by atoms with E-state index in [1.165, 1.54) is 4.31 Å². The summed E-state index contributed by atoms with van der Waals surface area (Å²) in [6.45, 7) is 5.54. The molecule has 3 aliphatic carbocycles. The molecule has 8 heteroatoms. The zero-order valence-electron chi connectivity index (χ0n) is 16.8. The predicted octanol–water partition coefficient (Wildman–Crippen LogP) is 1.26. The Morgan fingerprint density at radius 1 is 1.32 bits per heavy atom. The van der Waals surface area contributed by atoms with E-state index in [1.54, 1.807) is 6.92 Å². The SMILES string of the molecule is C[C@H]1C[C@@](O)(CO)[C@@H](C#N)C[C@@H]1C(=O)N1C2CC3CCC2(CS1(=O)=O)C3(C)C. The lowest BCUT2D eigenvalue weighted by atomic mass is 9.66. The summed E-state index contributed by atoms with van der Waals surface area (Å²) in [7, 11) is -3.70. The standard InChI is InChI=1S/C20H30N2O5S/c1-12-8-20(25,10-23)14(9-21)6-15(12)17(24)22-16-7-13-4-5-19(16,18(13,2)3)11-28(22,26)27/h12-16,23,25H,4-8,10-11H2,1-3H3/t12-,13?,14+,15-,16?,19?,20+/m0/s1. The van der Waals surface area contributed by atoms with Crippen LogP contribution in [0.5, 0.6) is 0 Å². The highest BCUT2D eigenvalue weighted by Crippen LogP contribution is 2.70. The molecule has 4 rings (SSSR count). The number of nitriles is 1. The van der Waals surface area contributed by atoms with Crippen LogP contribution in [0.3, 0.4) is 0 Å². The summed E-state index contributed by atoms with van der Waals surface area (Å²) in [5.41, 5.74) is -2.01. The zero-order chi connectivity index (χ0) is 20.7. The van der Waals surface area contributed by atoms with Gasteiger partial charge in [-0.2, -0.15) is 5.26 Å². The van der Waals surface area contributed by atoms with Crippen LogP contribution in [-0.2, 0) is 14.8 Å². The van der Waals surface area contributed by atoms with Crippen molar-refractivity contribution in [3.05, 3.63) is 0 Å². The zero-order valence-corrected chi connectivity index (χ0v) is 17.6. The summed E-state index contributed by atoms with van der Waals surface area (Å²) in [6.07, 6.45) is 2.76. The molecule has 7 nitrogen and oxygen atoms in total. The van der Waals surface area contributed by atoms with E-state index in [2.05, 4.69) is 13.8 Å². The molecule has 0 radical (unpaired) electrons. The molecular weight excluding hydrogens is 380 g/mol. The Balaban J connectivity index is 1.67. The number of hydrogen-bond acceptors (Lipinski definition) is 6. The molecule has 0 aromatic carbocycles. The minimum absolute atomic E-state index is 0.0310. The maximum atomic E-state index is 13.5. The van der Waals surface area contributed by atoms with Crippen LogP contribution >= 0.6 is 0 Å². The quantitative estimate of drug-likeness (QED) is 0.707. The van der Waals surface area contributed by atoms with Crippen molar-refractivity contribution in [2.75, 3.05) is 12.4 Å². The van der Waals surface area contributed by atoms with Crippen molar-refractivity contribution in [1.82, 2.24) is 4.31 Å². The highest BCUT2D eigenvalue weighted by atomic mass is 32.2. The van der Waals surface area contributed by atoms with Crippen molar-refractivity contribution in [2.45, 2.75) is 64.5 Å². The van der Waals surface area contributed by atoms with Crippen LogP contribution in [-0.4, -0.2) is 52.8 Å². The van der Waals surface area contributed by atoms with Crippen molar-refractivity contribution < 1.29 is 23.4 Å². The lowest BCUT2D eigenvalue weighted by molar-refractivity contribution is -0.144. The number of fused-ring (bicyclic) bond motifs is 1. The van der Waals surface area contributed by atoms with Gasteiger partial charge in [0.25, 0.3) is 0 Å². The molecule has 28 heavy (non-hydrogen) atoms. The Morgan fingerprint density at radius 2 is 2.00 bits per heavy atom. The van der Waals surface area contributed by atoms with E-state index in [1.807, 2.05) is 6.07 Å². The molecule has 3 saturated carbocycles. The molecule has 1 amide bonds. The van der Waals surface area contributed by atoms with Gasteiger partial charge < -0.3 is 10.2 Å². The first-order valence-corrected chi connectivity index (χ1v) is 11.8. The minimum atomic E-state index is -3.70. The summed E-state index contributed by atoms with van der Waals surface area (Å²) in [4.78, 5) is 13.5. The lowest BCUT2D eigenvalue weighted by Gasteiger charge is -2.43. The Bertz CT molecular complexity index is 849. The van der Waals surface area contributed by atoms with E-state index in [4.69, 9.17) is 0 Å². The number of carbonyl (C=O) groups excluding carboxylic acids is 1. The predicted molar refractivity (Wildman–Crippen MR) is 101 cm³/mol. The van der Waals surface area contributed by atoms with Crippen LogP contribution < -0.4 is 0 Å². The molecule has 1 aliphatic heterocycles. The number of nitrogens with zero attached hydrogens (tertiary/aromatic N) is 2. The van der Waals surface area contributed by atoms with Crippen LogP contribution in [0.2, 0.25) is 0 Å². The molecule has 4 aliphatic rings. The maximum absolute atomic E-state index is 13.5. The molecule has 0 aromatic rings. The first kappa shape index (κ1) is 20.1. The van der Waals surface area contributed by atoms with E-state index in [0.717, 1.165) is 19.3 Å². The summed E-state index contributed by atoms with van der Waals surface area (Å²) >= 11 is 0. The maximum Gasteiger partial charge on any atom is 0.239 e. The van der Waals surface area contributed by atoms with Gasteiger partial charge in [-0.3, -0.25) is 4.79 Å². The summed E-state index contributed by atoms with van der Waals surface area (Å²) in [5.74, 6) is -1.80. The third kappa shape index (κ3) is 2.33. The summed E-state index contributed by atoms with van der Waals surface area (Å²) in [5, 5.41) is 29.6. The number of sulfonamides is 1. The van der Waals surface area contributed by atoms with Gasteiger partial charge in [0.15, 0.2) is 0 Å². The topological polar surface area (TPSA) is 119 Å². The normalized spacial score (nSPS) is 48.3. The molecule has 1 heterocycles. The Hall–Kier alpha value is -1.17. The van der Waals surface area contributed by atoms with Gasteiger partial charge in [-0.25, -0.2) is 12.7 Å². The summed E-state index contributed by atoms with van der Waals surface area (Å²) in [6, 6.07) is 1.73. The average Bonchev–Trinajstić information content (AvgIpc) is 3.08. The van der Waals surface area contributed by atoms with E-state index >= 15 is 0 Å². The van der Waals surface area contributed by atoms with Gasteiger partial charge in [0, 0.05) is 11.3 Å². The van der Waals surface area contributed by atoms with Crippen molar-refractivity contribution in [3.63, 3.8) is 0 Å². The number of carbonyl (C=O) groups is 1. The number of aliphatic hydroxyl groups excluding tert-OH is 1. The highest BCUT2D eigenvalue weighted by Gasteiger charge is 2.72. The van der Waals surface area contributed by atoms with E-state index in [0.29, 0.717) is 5.92 Å². The minimum Gasteiger partial charge on any atom is -0.393 e. The van der Waals surface area contributed by atoms with Gasteiger partial charge in [0.1, 0.15) is 5.60 Å². The van der Waals surface area contributed by atoms with Crippen LogP contribution in [0.25, 0.3) is 0 Å². The second-order valence-electron chi connectivity index (χ2n) is 10.2. The largest absolute Gasteiger partial charge is 0.393 e. The summed E-state index contributed by atoms with van der Waals surface area (Å²) < 4.78 is 27.4. The first-order chi connectivity index (χ1) is 12.9. The molecule has 3 unspecified atom stereocenters. The molecule has 7 atom stereocenters. The van der Waals surface area contributed by atoms with Gasteiger partial charge in [0.05, 0.1) is 30.4 Å². The van der Waals surface area contributed by atoms with Crippen LogP contribution in [0.1, 0.15) is 52.9 Å². The van der Waals surface area contributed by atoms with Crippen molar-refractivity contribution in [1.29, 1.82) is 5.26 Å². The van der Waals surface area contributed by atoms with Crippen LogP contribution in [0.15, 0.2) is 0 Å². The Kier molecular flexibility index (Phi) is 4.26. The fourth-order valence-electron chi connectivity index (χ4n) is 6.98. The molecule has 156 valence electrons. The fraction of sp³-hybridized carbons (Fsp3) is 0.900. The Labute approximate surface area is 166 Å². The van der Waals surface area contributed by atoms with Crippen molar-refractivity contribution in [2.24, 2.45) is 34.5 Å². The smallest absolute Gasteiger partial charge is 0.239 e. The number of hydrogen-bond donors (Lipinski definition) is 2. The van der Waals surface area contributed by atoms with Crippen LogP contribution in [0, 0.1) is 45.8 Å². The molecule has 4 fully saturated rings. The number of aliphatic hydroxyl groups is 2. The Morgan fingerprint density at radius 3 is 2.57 bits per heavy atom.